The van der Waals surface area contributed by atoms with Gasteiger partial charge in [-0.05, 0) is 35.9 Å². The molecule has 0 spiro atoms. The Labute approximate surface area is 181 Å². The Morgan fingerprint density at radius 1 is 1.17 bits per heavy atom. The SMILES string of the molecule is CCOC(=O)C(Nc1ccc(Cn2c(CO)cnc2SCC)cc1)c1ccccc1. The molecule has 0 aliphatic carbocycles. The van der Waals surface area contributed by atoms with Gasteiger partial charge < -0.3 is 19.7 Å². The summed E-state index contributed by atoms with van der Waals surface area (Å²) in [6, 6.07) is 16.9. The number of ether oxygens (including phenoxy) is 1. The number of hydrogen-bond acceptors (Lipinski definition) is 6. The highest BCUT2D eigenvalue weighted by Crippen LogP contribution is 2.23. The van der Waals surface area contributed by atoms with Crippen LogP contribution in [0.3, 0.4) is 0 Å². The van der Waals surface area contributed by atoms with E-state index in [1.54, 1.807) is 24.9 Å². The normalized spacial score (nSPS) is 11.8. The summed E-state index contributed by atoms with van der Waals surface area (Å²) in [6.07, 6.45) is 1.72. The number of aromatic nitrogens is 2. The van der Waals surface area contributed by atoms with Gasteiger partial charge in [-0.1, -0.05) is 61.2 Å². The first-order chi connectivity index (χ1) is 14.7. The molecular formula is C23H27N3O3S. The second-order valence-electron chi connectivity index (χ2n) is 6.65. The Balaban J connectivity index is 1.76. The molecule has 2 aromatic carbocycles. The highest BCUT2D eigenvalue weighted by molar-refractivity contribution is 7.99. The Morgan fingerprint density at radius 2 is 1.90 bits per heavy atom. The first-order valence-electron chi connectivity index (χ1n) is 10.0. The van der Waals surface area contributed by atoms with E-state index >= 15 is 0 Å². The van der Waals surface area contributed by atoms with Crippen LogP contribution in [0.15, 0.2) is 66.0 Å². The maximum absolute atomic E-state index is 12.5. The number of hydrogen-bond donors (Lipinski definition) is 2. The molecule has 1 heterocycles. The van der Waals surface area contributed by atoms with Gasteiger partial charge in [0, 0.05) is 12.2 Å². The summed E-state index contributed by atoms with van der Waals surface area (Å²) in [4.78, 5) is 16.9. The Morgan fingerprint density at radius 3 is 2.53 bits per heavy atom. The zero-order chi connectivity index (χ0) is 21.3. The van der Waals surface area contributed by atoms with E-state index in [9.17, 15) is 9.90 Å². The summed E-state index contributed by atoms with van der Waals surface area (Å²) >= 11 is 1.65. The van der Waals surface area contributed by atoms with Crippen LogP contribution in [0.4, 0.5) is 5.69 Å². The number of benzene rings is 2. The van der Waals surface area contributed by atoms with Gasteiger partial charge in [0.2, 0.25) is 0 Å². The van der Waals surface area contributed by atoms with Crippen LogP contribution in [0, 0.1) is 0 Å². The van der Waals surface area contributed by atoms with Crippen molar-refractivity contribution in [3.63, 3.8) is 0 Å². The van der Waals surface area contributed by atoms with E-state index in [1.165, 1.54) is 0 Å². The van der Waals surface area contributed by atoms with Crippen LogP contribution in [0.25, 0.3) is 0 Å². The van der Waals surface area contributed by atoms with Gasteiger partial charge in [0.05, 0.1) is 25.1 Å². The van der Waals surface area contributed by atoms with Crippen molar-refractivity contribution in [2.45, 2.75) is 38.2 Å². The molecule has 30 heavy (non-hydrogen) atoms. The van der Waals surface area contributed by atoms with Gasteiger partial charge in [-0.3, -0.25) is 0 Å². The summed E-state index contributed by atoms with van der Waals surface area (Å²) in [7, 11) is 0. The molecule has 0 bridgehead atoms. The largest absolute Gasteiger partial charge is 0.464 e. The molecule has 0 fully saturated rings. The number of carbonyl (C=O) groups excluding carboxylic acids is 1. The van der Waals surface area contributed by atoms with Gasteiger partial charge in [-0.15, -0.1) is 0 Å². The molecule has 0 saturated heterocycles. The molecule has 158 valence electrons. The number of aliphatic hydroxyl groups is 1. The van der Waals surface area contributed by atoms with Crippen LogP contribution in [-0.4, -0.2) is 33.0 Å². The number of nitrogens with one attached hydrogen (secondary N) is 1. The molecule has 0 radical (unpaired) electrons. The third-order valence-corrected chi connectivity index (χ3v) is 5.47. The molecule has 1 atom stereocenters. The van der Waals surface area contributed by atoms with Gasteiger partial charge in [0.25, 0.3) is 0 Å². The lowest BCUT2D eigenvalue weighted by molar-refractivity contribution is -0.144. The van der Waals surface area contributed by atoms with Gasteiger partial charge in [-0.2, -0.15) is 0 Å². The van der Waals surface area contributed by atoms with E-state index < -0.39 is 6.04 Å². The molecule has 1 unspecified atom stereocenters. The van der Waals surface area contributed by atoms with E-state index in [2.05, 4.69) is 17.2 Å². The predicted octanol–water partition coefficient (Wildman–Crippen LogP) is 4.25. The highest BCUT2D eigenvalue weighted by atomic mass is 32.2. The molecule has 3 aromatic rings. The molecule has 0 aliphatic rings. The number of carbonyl (C=O) groups is 1. The molecule has 6 nitrogen and oxygen atoms in total. The molecule has 0 saturated carbocycles. The number of rotatable bonds is 10. The van der Waals surface area contributed by atoms with Crippen molar-refractivity contribution < 1.29 is 14.6 Å². The average Bonchev–Trinajstić information content (AvgIpc) is 3.15. The van der Waals surface area contributed by atoms with E-state index in [0.717, 1.165) is 33.4 Å². The van der Waals surface area contributed by atoms with E-state index in [1.807, 2.05) is 59.2 Å². The molecule has 7 heteroatoms. The monoisotopic (exact) mass is 425 g/mol. The minimum atomic E-state index is -0.570. The standard InChI is InChI=1S/C23H27N3O3S/c1-3-29-22(28)21(18-8-6-5-7-9-18)25-19-12-10-17(11-13-19)15-26-20(16-27)14-24-23(26)30-4-2/h5-14,21,25,27H,3-4,15-16H2,1-2H3. The maximum Gasteiger partial charge on any atom is 0.333 e. The van der Waals surface area contributed by atoms with Crippen LogP contribution in [-0.2, 0) is 22.7 Å². The summed E-state index contributed by atoms with van der Waals surface area (Å²) in [5, 5.41) is 13.8. The molecular weight excluding hydrogens is 398 g/mol. The summed E-state index contributed by atoms with van der Waals surface area (Å²) < 4.78 is 7.28. The van der Waals surface area contributed by atoms with Crippen molar-refractivity contribution in [2.24, 2.45) is 0 Å². The van der Waals surface area contributed by atoms with Gasteiger partial charge in [-0.25, -0.2) is 9.78 Å². The van der Waals surface area contributed by atoms with Crippen molar-refractivity contribution in [3.8, 4) is 0 Å². The van der Waals surface area contributed by atoms with Crippen LogP contribution in [0.1, 0.15) is 36.7 Å². The quantitative estimate of drug-likeness (QED) is 0.374. The smallest absolute Gasteiger partial charge is 0.333 e. The molecule has 0 aliphatic heterocycles. The zero-order valence-corrected chi connectivity index (χ0v) is 18.1. The average molecular weight is 426 g/mol. The van der Waals surface area contributed by atoms with Gasteiger partial charge >= 0.3 is 5.97 Å². The zero-order valence-electron chi connectivity index (χ0n) is 17.2. The number of esters is 1. The number of aliphatic hydroxyl groups excluding tert-OH is 1. The summed E-state index contributed by atoms with van der Waals surface area (Å²) in [6.45, 7) is 4.79. The second kappa shape index (κ2) is 10.8. The number of imidazole rings is 1. The van der Waals surface area contributed by atoms with Gasteiger partial charge in [0.15, 0.2) is 11.2 Å². The van der Waals surface area contributed by atoms with Crippen LogP contribution >= 0.6 is 11.8 Å². The maximum atomic E-state index is 12.5. The second-order valence-corrected chi connectivity index (χ2v) is 7.88. The van der Waals surface area contributed by atoms with Crippen molar-refractivity contribution >= 4 is 23.4 Å². The number of thioether (sulfide) groups is 1. The van der Waals surface area contributed by atoms with Crippen LogP contribution < -0.4 is 5.32 Å². The third kappa shape index (κ3) is 5.43. The number of anilines is 1. The third-order valence-electron chi connectivity index (χ3n) is 4.60. The molecule has 0 amide bonds. The van der Waals surface area contributed by atoms with Crippen molar-refractivity contribution in [1.29, 1.82) is 0 Å². The summed E-state index contributed by atoms with van der Waals surface area (Å²) in [5.41, 5.74) is 3.56. The fourth-order valence-electron chi connectivity index (χ4n) is 3.14. The predicted molar refractivity (Wildman–Crippen MR) is 120 cm³/mol. The van der Waals surface area contributed by atoms with Crippen LogP contribution in [0.2, 0.25) is 0 Å². The van der Waals surface area contributed by atoms with Gasteiger partial charge in [0.1, 0.15) is 0 Å². The minimum Gasteiger partial charge on any atom is -0.464 e. The summed E-state index contributed by atoms with van der Waals surface area (Å²) in [5.74, 6) is 0.611. The van der Waals surface area contributed by atoms with Crippen LogP contribution in [0.5, 0.6) is 0 Å². The first kappa shape index (κ1) is 21.9. The van der Waals surface area contributed by atoms with Crippen molar-refractivity contribution in [2.75, 3.05) is 17.7 Å². The van der Waals surface area contributed by atoms with E-state index in [0.29, 0.717) is 13.2 Å². The first-order valence-corrected chi connectivity index (χ1v) is 11.0. The fourth-order valence-corrected chi connectivity index (χ4v) is 3.86. The Bertz CT molecular complexity index is 942. The minimum absolute atomic E-state index is 0.0464. The molecule has 1 aromatic heterocycles. The lowest BCUT2D eigenvalue weighted by atomic mass is 10.1. The highest BCUT2D eigenvalue weighted by Gasteiger charge is 2.21. The lowest BCUT2D eigenvalue weighted by Gasteiger charge is -2.19. The molecule has 2 N–H and O–H groups in total. The molecule has 3 rings (SSSR count). The van der Waals surface area contributed by atoms with E-state index in [4.69, 9.17) is 4.74 Å². The van der Waals surface area contributed by atoms with Crippen molar-refractivity contribution in [1.82, 2.24) is 9.55 Å². The Hall–Kier alpha value is -2.77. The topological polar surface area (TPSA) is 76.4 Å². The number of nitrogens with zero attached hydrogens (tertiary/aromatic N) is 2. The fraction of sp³-hybridized carbons (Fsp3) is 0.304. The van der Waals surface area contributed by atoms with E-state index in [-0.39, 0.29) is 12.6 Å². The Kier molecular flexibility index (Phi) is 7.93. The lowest BCUT2D eigenvalue weighted by Crippen LogP contribution is -2.23. The van der Waals surface area contributed by atoms with Crippen molar-refractivity contribution in [3.05, 3.63) is 77.6 Å².